The maximum Gasteiger partial charge on any atom is 0.240 e. The van der Waals surface area contributed by atoms with E-state index in [2.05, 4.69) is 36.0 Å². The molecule has 1 unspecified atom stereocenters. The monoisotopic (exact) mass is 386 g/mol. The first-order chi connectivity index (χ1) is 12.7. The average Bonchev–Trinajstić information content (AvgIpc) is 2.61. The largest absolute Gasteiger partial charge is 0.326 e. The number of hydrogen-bond donors (Lipinski definition) is 2. The highest BCUT2D eigenvalue weighted by atomic mass is 32.2. The van der Waals surface area contributed by atoms with E-state index in [9.17, 15) is 13.2 Å². The Kier molecular flexibility index (Phi) is 5.40. The lowest BCUT2D eigenvalue weighted by molar-refractivity contribution is -0.116. The molecule has 0 fully saturated rings. The molecule has 1 aliphatic rings. The van der Waals surface area contributed by atoms with Crippen LogP contribution in [0.15, 0.2) is 53.4 Å². The van der Waals surface area contributed by atoms with Crippen LogP contribution >= 0.6 is 0 Å². The van der Waals surface area contributed by atoms with Crippen molar-refractivity contribution >= 4 is 21.6 Å². The molecule has 2 aromatic carbocycles. The van der Waals surface area contributed by atoms with Crippen LogP contribution in [-0.2, 0) is 26.7 Å². The molecule has 1 aliphatic heterocycles. The minimum Gasteiger partial charge on any atom is -0.326 e. The Labute approximate surface area is 161 Å². The summed E-state index contributed by atoms with van der Waals surface area (Å²) in [6.07, 6.45) is 1.62. The number of amides is 1. The van der Waals surface area contributed by atoms with Gasteiger partial charge in [0.05, 0.1) is 4.90 Å². The van der Waals surface area contributed by atoms with Gasteiger partial charge in [0.2, 0.25) is 15.9 Å². The van der Waals surface area contributed by atoms with Gasteiger partial charge in [-0.05, 0) is 54.5 Å². The van der Waals surface area contributed by atoms with Gasteiger partial charge < -0.3 is 5.32 Å². The number of hydrogen-bond acceptors (Lipinski definition) is 3. The minimum atomic E-state index is -3.62. The summed E-state index contributed by atoms with van der Waals surface area (Å²) >= 11 is 0. The normalized spacial score (nSPS) is 15.7. The van der Waals surface area contributed by atoms with E-state index in [1.54, 1.807) is 18.2 Å². The second-order valence-electron chi connectivity index (χ2n) is 7.84. The van der Waals surface area contributed by atoms with Crippen molar-refractivity contribution in [3.05, 3.63) is 59.7 Å². The quantitative estimate of drug-likeness (QED) is 0.796. The molecule has 1 atom stereocenters. The highest BCUT2D eigenvalue weighted by molar-refractivity contribution is 7.89. The highest BCUT2D eigenvalue weighted by Gasteiger charge is 2.27. The molecule has 27 heavy (non-hydrogen) atoms. The molecule has 2 N–H and O–H groups in total. The molecule has 0 aromatic heterocycles. The van der Waals surface area contributed by atoms with Crippen molar-refractivity contribution in [2.24, 2.45) is 0 Å². The number of carbonyl (C=O) groups is 1. The van der Waals surface area contributed by atoms with Gasteiger partial charge in [-0.15, -0.1) is 0 Å². The van der Waals surface area contributed by atoms with Crippen molar-refractivity contribution < 1.29 is 13.2 Å². The van der Waals surface area contributed by atoms with Crippen LogP contribution in [0.4, 0.5) is 5.69 Å². The fraction of sp³-hybridized carbons (Fsp3) is 0.381. The van der Waals surface area contributed by atoms with Crippen LogP contribution in [0.5, 0.6) is 0 Å². The predicted octanol–water partition coefficient (Wildman–Crippen LogP) is 3.61. The SMILES string of the molecule is CC(CC(C)(C)c1ccccc1)NS(=O)(=O)c1ccc2c(c1)CCC(=O)N2. The van der Waals surface area contributed by atoms with E-state index in [1.165, 1.54) is 5.56 Å². The number of sulfonamides is 1. The second kappa shape index (κ2) is 7.44. The summed E-state index contributed by atoms with van der Waals surface area (Å²) in [5.41, 5.74) is 2.59. The van der Waals surface area contributed by atoms with E-state index < -0.39 is 10.0 Å². The zero-order chi connectivity index (χ0) is 19.7. The maximum absolute atomic E-state index is 12.8. The van der Waals surface area contributed by atoms with Crippen LogP contribution in [0.3, 0.4) is 0 Å². The van der Waals surface area contributed by atoms with Gasteiger partial charge in [0.1, 0.15) is 0 Å². The Morgan fingerprint density at radius 3 is 2.52 bits per heavy atom. The molecule has 2 aromatic rings. The number of carbonyl (C=O) groups excluding carboxylic acids is 1. The number of nitrogens with one attached hydrogen (secondary N) is 2. The van der Waals surface area contributed by atoms with Crippen molar-refractivity contribution in [1.29, 1.82) is 0 Å². The van der Waals surface area contributed by atoms with Crippen molar-refractivity contribution in [1.82, 2.24) is 4.72 Å². The Morgan fingerprint density at radius 2 is 1.81 bits per heavy atom. The number of rotatable bonds is 6. The molecule has 0 saturated heterocycles. The number of benzene rings is 2. The summed E-state index contributed by atoms with van der Waals surface area (Å²) in [6.45, 7) is 6.13. The van der Waals surface area contributed by atoms with Crippen molar-refractivity contribution in [3.8, 4) is 0 Å². The van der Waals surface area contributed by atoms with Gasteiger partial charge in [-0.2, -0.15) is 0 Å². The predicted molar refractivity (Wildman–Crippen MR) is 107 cm³/mol. The van der Waals surface area contributed by atoms with Crippen LogP contribution in [0, 0.1) is 0 Å². The Morgan fingerprint density at radius 1 is 1.11 bits per heavy atom. The molecule has 144 valence electrons. The zero-order valence-electron chi connectivity index (χ0n) is 16.0. The molecule has 6 heteroatoms. The second-order valence-corrected chi connectivity index (χ2v) is 9.56. The molecule has 5 nitrogen and oxygen atoms in total. The molecule has 0 bridgehead atoms. The lowest BCUT2D eigenvalue weighted by Gasteiger charge is -2.29. The van der Waals surface area contributed by atoms with Crippen molar-refractivity contribution in [3.63, 3.8) is 0 Å². The summed E-state index contributed by atoms with van der Waals surface area (Å²) in [6, 6.07) is 14.8. The third kappa shape index (κ3) is 4.57. The standard InChI is InChI=1S/C21H26N2O3S/c1-15(14-21(2,3)17-7-5-4-6-8-17)23-27(25,26)18-10-11-19-16(13-18)9-12-20(24)22-19/h4-8,10-11,13,15,23H,9,12,14H2,1-3H3,(H,22,24). The fourth-order valence-corrected chi connectivity index (χ4v) is 4.97. The van der Waals surface area contributed by atoms with Gasteiger partial charge in [-0.1, -0.05) is 44.2 Å². The third-order valence-corrected chi connectivity index (χ3v) is 6.60. The topological polar surface area (TPSA) is 75.3 Å². The average molecular weight is 387 g/mol. The van der Waals surface area contributed by atoms with Crippen LogP contribution in [-0.4, -0.2) is 20.4 Å². The molecule has 3 rings (SSSR count). The first-order valence-corrected chi connectivity index (χ1v) is 10.7. The zero-order valence-corrected chi connectivity index (χ0v) is 16.8. The minimum absolute atomic E-state index is 0.0343. The van der Waals surface area contributed by atoms with Gasteiger partial charge in [0.25, 0.3) is 0 Å². The first-order valence-electron chi connectivity index (χ1n) is 9.18. The van der Waals surface area contributed by atoms with Crippen LogP contribution in [0.25, 0.3) is 0 Å². The van der Waals surface area contributed by atoms with Gasteiger partial charge in [0.15, 0.2) is 0 Å². The number of aryl methyl sites for hydroxylation is 1. The summed E-state index contributed by atoms with van der Waals surface area (Å²) in [5, 5.41) is 2.77. The van der Waals surface area contributed by atoms with Gasteiger partial charge in [0, 0.05) is 18.2 Å². The van der Waals surface area contributed by atoms with Gasteiger partial charge >= 0.3 is 0 Å². The Hall–Kier alpha value is -2.18. The van der Waals surface area contributed by atoms with E-state index in [4.69, 9.17) is 0 Å². The molecular weight excluding hydrogens is 360 g/mol. The van der Waals surface area contributed by atoms with Crippen LogP contribution in [0.2, 0.25) is 0 Å². The molecule has 1 heterocycles. The van der Waals surface area contributed by atoms with Gasteiger partial charge in [-0.3, -0.25) is 4.79 Å². The highest BCUT2D eigenvalue weighted by Crippen LogP contribution is 2.29. The summed E-state index contributed by atoms with van der Waals surface area (Å²) in [7, 11) is -3.62. The first kappa shape index (κ1) is 19.6. The Balaban J connectivity index is 1.73. The smallest absolute Gasteiger partial charge is 0.240 e. The number of anilines is 1. The fourth-order valence-electron chi connectivity index (χ4n) is 3.67. The molecule has 0 aliphatic carbocycles. The van der Waals surface area contributed by atoms with Gasteiger partial charge in [-0.25, -0.2) is 13.1 Å². The molecule has 0 saturated carbocycles. The summed E-state index contributed by atoms with van der Waals surface area (Å²) < 4.78 is 28.4. The summed E-state index contributed by atoms with van der Waals surface area (Å²) in [5.74, 6) is -0.0343. The van der Waals surface area contributed by atoms with E-state index in [0.29, 0.717) is 24.9 Å². The van der Waals surface area contributed by atoms with Crippen molar-refractivity contribution in [2.45, 2.75) is 56.4 Å². The van der Waals surface area contributed by atoms with E-state index in [-0.39, 0.29) is 22.3 Å². The van der Waals surface area contributed by atoms with E-state index in [0.717, 1.165) is 5.56 Å². The maximum atomic E-state index is 12.8. The van der Waals surface area contributed by atoms with E-state index in [1.807, 2.05) is 25.1 Å². The molecule has 0 radical (unpaired) electrons. The van der Waals surface area contributed by atoms with Crippen LogP contribution < -0.4 is 10.0 Å². The lowest BCUT2D eigenvalue weighted by Crippen LogP contribution is -2.37. The summed E-state index contributed by atoms with van der Waals surface area (Å²) in [4.78, 5) is 11.7. The third-order valence-electron chi connectivity index (χ3n) is 5.01. The lowest BCUT2D eigenvalue weighted by atomic mass is 9.79. The molecule has 0 spiro atoms. The van der Waals surface area contributed by atoms with Crippen LogP contribution in [0.1, 0.15) is 44.7 Å². The molecular formula is C21H26N2O3S. The Bertz CT molecular complexity index is 937. The number of fused-ring (bicyclic) bond motifs is 1. The van der Waals surface area contributed by atoms with Crippen molar-refractivity contribution in [2.75, 3.05) is 5.32 Å². The van der Waals surface area contributed by atoms with E-state index >= 15 is 0 Å². The molecule has 1 amide bonds.